The van der Waals surface area contributed by atoms with Crippen LogP contribution < -0.4 is 5.11 Å². The number of carboxylic acid groups (broad SMARTS) is 1. The van der Waals surface area contributed by atoms with Crippen LogP contribution in [0.2, 0.25) is 0 Å². The van der Waals surface area contributed by atoms with Crippen LogP contribution in [0.25, 0.3) is 0 Å². The lowest BCUT2D eigenvalue weighted by Gasteiger charge is -2.38. The highest BCUT2D eigenvalue weighted by Crippen LogP contribution is 2.49. The molecular formula is C15H19F6O3-. The minimum absolute atomic E-state index is 0.382. The first-order valence-corrected chi connectivity index (χ1v) is 7.55. The highest BCUT2D eigenvalue weighted by molar-refractivity contribution is 5.83. The van der Waals surface area contributed by atoms with Crippen molar-refractivity contribution in [2.24, 2.45) is 11.8 Å². The third-order valence-corrected chi connectivity index (χ3v) is 4.51. The molecule has 1 fully saturated rings. The summed E-state index contributed by atoms with van der Waals surface area (Å²) >= 11 is 0. The van der Waals surface area contributed by atoms with Crippen LogP contribution in [0.4, 0.5) is 26.3 Å². The highest BCUT2D eigenvalue weighted by Gasteiger charge is 2.70. The number of rotatable bonds is 5. The Morgan fingerprint density at radius 2 is 1.58 bits per heavy atom. The fraction of sp³-hybridized carbons (Fsp3) is 0.800. The zero-order valence-electron chi connectivity index (χ0n) is 13.0. The first-order valence-electron chi connectivity index (χ1n) is 7.55. The molecule has 0 saturated heterocycles. The van der Waals surface area contributed by atoms with Crippen LogP contribution in [0.1, 0.15) is 45.4 Å². The van der Waals surface area contributed by atoms with Gasteiger partial charge in [-0.25, -0.2) is 0 Å². The molecule has 0 aromatic carbocycles. The van der Waals surface area contributed by atoms with Crippen molar-refractivity contribution in [3.63, 3.8) is 0 Å². The van der Waals surface area contributed by atoms with Crippen molar-refractivity contribution in [2.75, 3.05) is 0 Å². The molecule has 0 heterocycles. The van der Waals surface area contributed by atoms with Gasteiger partial charge < -0.3 is 15.0 Å². The molecule has 1 rings (SSSR count). The summed E-state index contributed by atoms with van der Waals surface area (Å²) in [6.45, 7) is 1.05. The standard InChI is InChI=1S/C15H20F6O3/c1-9(12(22)23)7-11(10-5-3-2-4-6-10)8-13(24,14(16,17)18)15(19,20)21/h7,10-11,24H,2-6,8H2,1H3,(H,22,23)/p-1. The lowest BCUT2D eigenvalue weighted by atomic mass is 9.74. The predicted octanol–water partition coefficient (Wildman–Crippen LogP) is 3.12. The minimum Gasteiger partial charge on any atom is -0.545 e. The Kier molecular flexibility index (Phi) is 6.35. The Morgan fingerprint density at radius 3 is 1.96 bits per heavy atom. The Morgan fingerprint density at radius 1 is 1.12 bits per heavy atom. The SMILES string of the molecule is CC(=CC(CC(O)(C(F)(F)F)C(F)(F)F)C1CCCCC1)C(=O)[O-]. The number of halogens is 6. The van der Waals surface area contributed by atoms with E-state index in [0.29, 0.717) is 25.7 Å². The zero-order valence-corrected chi connectivity index (χ0v) is 13.0. The smallest absolute Gasteiger partial charge is 0.426 e. The first-order chi connectivity index (χ1) is 10.8. The summed E-state index contributed by atoms with van der Waals surface area (Å²) in [7, 11) is 0. The second-order valence-corrected chi connectivity index (χ2v) is 6.26. The van der Waals surface area contributed by atoms with Gasteiger partial charge in [-0.1, -0.05) is 25.3 Å². The van der Waals surface area contributed by atoms with Crippen molar-refractivity contribution < 1.29 is 41.4 Å². The highest BCUT2D eigenvalue weighted by atomic mass is 19.4. The van der Waals surface area contributed by atoms with Crippen LogP contribution in [0.15, 0.2) is 11.6 Å². The van der Waals surface area contributed by atoms with Crippen molar-refractivity contribution in [2.45, 2.75) is 63.4 Å². The van der Waals surface area contributed by atoms with Crippen molar-refractivity contribution in [1.29, 1.82) is 0 Å². The van der Waals surface area contributed by atoms with E-state index in [-0.39, 0.29) is 0 Å². The molecule has 140 valence electrons. The summed E-state index contributed by atoms with van der Waals surface area (Å²) in [5, 5.41) is 20.2. The van der Waals surface area contributed by atoms with Gasteiger partial charge in [0.25, 0.3) is 5.60 Å². The molecule has 0 spiro atoms. The second-order valence-electron chi connectivity index (χ2n) is 6.26. The normalized spacial score (nSPS) is 20.1. The van der Waals surface area contributed by atoms with Crippen molar-refractivity contribution in [1.82, 2.24) is 0 Å². The van der Waals surface area contributed by atoms with E-state index in [2.05, 4.69) is 0 Å². The van der Waals surface area contributed by atoms with Crippen molar-refractivity contribution in [3.05, 3.63) is 11.6 Å². The van der Waals surface area contributed by atoms with Crippen LogP contribution in [-0.4, -0.2) is 29.0 Å². The number of aliphatic hydroxyl groups is 1. The summed E-state index contributed by atoms with van der Waals surface area (Å²) in [6.07, 6.45) is -9.78. The quantitative estimate of drug-likeness (QED) is 0.605. The number of allylic oxidation sites excluding steroid dienone is 1. The lowest BCUT2D eigenvalue weighted by Crippen LogP contribution is -2.58. The van der Waals surface area contributed by atoms with Crippen molar-refractivity contribution >= 4 is 5.97 Å². The molecule has 1 saturated carbocycles. The van der Waals surface area contributed by atoms with Gasteiger partial charge in [0.15, 0.2) is 0 Å². The molecule has 3 nitrogen and oxygen atoms in total. The van der Waals surface area contributed by atoms with E-state index in [1.807, 2.05) is 0 Å². The molecule has 0 aliphatic heterocycles. The molecule has 0 amide bonds. The summed E-state index contributed by atoms with van der Waals surface area (Å²) in [4.78, 5) is 10.8. The van der Waals surface area contributed by atoms with E-state index in [1.165, 1.54) is 0 Å². The molecule has 24 heavy (non-hydrogen) atoms. The maximum Gasteiger partial charge on any atom is 0.426 e. The first kappa shape index (κ1) is 20.8. The van der Waals surface area contributed by atoms with E-state index in [0.717, 1.165) is 19.4 Å². The number of carbonyl (C=O) groups excluding carboxylic acids is 1. The molecule has 0 aromatic heterocycles. The molecule has 1 N–H and O–H groups in total. The summed E-state index contributed by atoms with van der Waals surface area (Å²) in [5.41, 5.74) is -5.33. The molecule has 0 aromatic rings. The number of carbonyl (C=O) groups is 1. The minimum atomic E-state index is -5.92. The summed E-state index contributed by atoms with van der Waals surface area (Å²) < 4.78 is 77.4. The number of hydrogen-bond donors (Lipinski definition) is 1. The van der Waals surface area contributed by atoms with E-state index in [9.17, 15) is 41.4 Å². The Bertz CT molecular complexity index is 461. The molecule has 0 radical (unpaired) electrons. The van der Waals surface area contributed by atoms with Gasteiger partial charge in [0.05, 0.1) is 5.97 Å². The van der Waals surface area contributed by atoms with E-state index >= 15 is 0 Å². The number of aliphatic carboxylic acids is 1. The van der Waals surface area contributed by atoms with E-state index in [1.54, 1.807) is 0 Å². The fourth-order valence-electron chi connectivity index (χ4n) is 3.05. The Hall–Kier alpha value is -1.25. The third-order valence-electron chi connectivity index (χ3n) is 4.51. The van der Waals surface area contributed by atoms with Crippen LogP contribution in [-0.2, 0) is 4.79 Å². The topological polar surface area (TPSA) is 60.4 Å². The van der Waals surface area contributed by atoms with Crippen LogP contribution in [0, 0.1) is 11.8 Å². The van der Waals surface area contributed by atoms with E-state index < -0.39 is 47.8 Å². The summed E-state index contributed by atoms with van der Waals surface area (Å²) in [6, 6.07) is 0. The average Bonchev–Trinajstić information content (AvgIpc) is 2.44. The van der Waals surface area contributed by atoms with Gasteiger partial charge in [0.2, 0.25) is 0 Å². The Labute approximate surface area is 135 Å². The molecule has 1 aliphatic rings. The lowest BCUT2D eigenvalue weighted by molar-refractivity contribution is -0.372. The largest absolute Gasteiger partial charge is 0.545 e. The molecule has 0 bridgehead atoms. The molecular weight excluding hydrogens is 342 g/mol. The maximum atomic E-state index is 12.9. The van der Waals surface area contributed by atoms with Gasteiger partial charge in [-0.05, 0) is 37.2 Å². The molecule has 1 atom stereocenters. The number of alkyl halides is 6. The van der Waals surface area contributed by atoms with Crippen LogP contribution in [0.5, 0.6) is 0 Å². The zero-order chi connectivity index (χ0) is 18.8. The Balaban J connectivity index is 3.22. The monoisotopic (exact) mass is 361 g/mol. The van der Waals surface area contributed by atoms with Gasteiger partial charge in [-0.15, -0.1) is 0 Å². The van der Waals surface area contributed by atoms with Gasteiger partial charge in [-0.2, -0.15) is 26.3 Å². The van der Waals surface area contributed by atoms with E-state index in [4.69, 9.17) is 0 Å². The van der Waals surface area contributed by atoms with Crippen LogP contribution in [0.3, 0.4) is 0 Å². The van der Waals surface area contributed by atoms with Gasteiger partial charge >= 0.3 is 12.4 Å². The van der Waals surface area contributed by atoms with Gasteiger partial charge in [0, 0.05) is 6.42 Å². The van der Waals surface area contributed by atoms with Crippen LogP contribution >= 0.6 is 0 Å². The molecule has 1 unspecified atom stereocenters. The predicted molar refractivity (Wildman–Crippen MR) is 70.5 cm³/mol. The number of carboxylic acids is 1. The van der Waals surface area contributed by atoms with Crippen molar-refractivity contribution in [3.8, 4) is 0 Å². The number of hydrogen-bond acceptors (Lipinski definition) is 3. The average molecular weight is 361 g/mol. The molecule has 9 heteroatoms. The fourth-order valence-corrected chi connectivity index (χ4v) is 3.05. The third kappa shape index (κ3) is 4.64. The maximum absolute atomic E-state index is 12.9. The summed E-state index contributed by atoms with van der Waals surface area (Å²) in [5.74, 6) is -3.58. The molecule has 1 aliphatic carbocycles. The second kappa shape index (κ2) is 7.33. The van der Waals surface area contributed by atoms with Gasteiger partial charge in [0.1, 0.15) is 0 Å². The van der Waals surface area contributed by atoms with Gasteiger partial charge in [-0.3, -0.25) is 0 Å².